The van der Waals surface area contributed by atoms with Gasteiger partial charge in [0, 0.05) is 0 Å². The van der Waals surface area contributed by atoms with E-state index in [2.05, 4.69) is 15.9 Å². The molecule has 0 radical (unpaired) electrons. The highest BCUT2D eigenvalue weighted by Gasteiger charge is 2.30. The van der Waals surface area contributed by atoms with Crippen molar-refractivity contribution in [2.24, 2.45) is 0 Å². The molecule has 48 valence electrons. The van der Waals surface area contributed by atoms with Gasteiger partial charge in [-0.05, 0) is 12.8 Å². The third-order valence-corrected chi connectivity index (χ3v) is 2.71. The standard InChI is InChI=1S/C5H9BrO2/c6-5-3(7)1-2-4(5)8/h3-5,7-8H,1-2H2/t3-,4-/m1/s1. The van der Waals surface area contributed by atoms with Gasteiger partial charge in [0.15, 0.2) is 0 Å². The highest BCUT2D eigenvalue weighted by atomic mass is 79.9. The van der Waals surface area contributed by atoms with Crippen molar-refractivity contribution in [3.63, 3.8) is 0 Å². The molecule has 0 aliphatic heterocycles. The molecule has 3 heteroatoms. The molecule has 2 nitrogen and oxygen atoms in total. The molecule has 0 saturated heterocycles. The Morgan fingerprint density at radius 3 is 1.62 bits per heavy atom. The van der Waals surface area contributed by atoms with Crippen molar-refractivity contribution in [2.45, 2.75) is 29.9 Å². The van der Waals surface area contributed by atoms with Crippen LogP contribution in [-0.4, -0.2) is 27.2 Å². The maximum Gasteiger partial charge on any atom is 0.0691 e. The molecule has 0 heterocycles. The summed E-state index contributed by atoms with van der Waals surface area (Å²) in [5.41, 5.74) is 0. The van der Waals surface area contributed by atoms with Gasteiger partial charge < -0.3 is 10.2 Å². The zero-order valence-corrected chi connectivity index (χ0v) is 6.00. The van der Waals surface area contributed by atoms with Gasteiger partial charge in [-0.15, -0.1) is 0 Å². The topological polar surface area (TPSA) is 40.5 Å². The highest BCUT2D eigenvalue weighted by Crippen LogP contribution is 2.25. The monoisotopic (exact) mass is 180 g/mol. The van der Waals surface area contributed by atoms with Crippen molar-refractivity contribution in [3.05, 3.63) is 0 Å². The van der Waals surface area contributed by atoms with Crippen LogP contribution in [0.5, 0.6) is 0 Å². The molecule has 8 heavy (non-hydrogen) atoms. The molecular formula is C5H9BrO2. The van der Waals surface area contributed by atoms with Crippen molar-refractivity contribution in [1.82, 2.24) is 0 Å². The van der Waals surface area contributed by atoms with E-state index in [1.165, 1.54) is 0 Å². The number of rotatable bonds is 0. The summed E-state index contributed by atoms with van der Waals surface area (Å²) in [6.45, 7) is 0. The fraction of sp³-hybridized carbons (Fsp3) is 1.00. The van der Waals surface area contributed by atoms with Crippen LogP contribution >= 0.6 is 15.9 Å². The summed E-state index contributed by atoms with van der Waals surface area (Å²) in [6, 6.07) is 0. The number of halogens is 1. The largest absolute Gasteiger partial charge is 0.392 e. The van der Waals surface area contributed by atoms with Crippen molar-refractivity contribution in [3.8, 4) is 0 Å². The van der Waals surface area contributed by atoms with Crippen LogP contribution in [0.3, 0.4) is 0 Å². The highest BCUT2D eigenvalue weighted by molar-refractivity contribution is 9.09. The molecule has 2 N–H and O–H groups in total. The summed E-state index contributed by atoms with van der Waals surface area (Å²) >= 11 is 3.17. The van der Waals surface area contributed by atoms with Gasteiger partial charge in [-0.3, -0.25) is 0 Å². The SMILES string of the molecule is O[C@@H]1CC[C@@H](O)C1Br. The summed E-state index contributed by atoms with van der Waals surface area (Å²) in [5.74, 6) is 0. The molecule has 0 aromatic carbocycles. The Bertz CT molecular complexity index is 76.5. The van der Waals surface area contributed by atoms with Crippen molar-refractivity contribution < 1.29 is 10.2 Å². The number of aliphatic hydroxyl groups excluding tert-OH is 2. The van der Waals surface area contributed by atoms with E-state index in [0.29, 0.717) is 0 Å². The van der Waals surface area contributed by atoms with Crippen LogP contribution < -0.4 is 0 Å². The normalized spacial score (nSPS) is 40.9. The van der Waals surface area contributed by atoms with Crippen molar-refractivity contribution >= 4 is 15.9 Å². The second kappa shape index (κ2) is 2.33. The van der Waals surface area contributed by atoms with Gasteiger partial charge in [0.25, 0.3) is 0 Å². The fourth-order valence-electron chi connectivity index (χ4n) is 0.916. The van der Waals surface area contributed by atoms with E-state index in [-0.39, 0.29) is 17.0 Å². The van der Waals surface area contributed by atoms with E-state index in [9.17, 15) is 0 Å². The maximum absolute atomic E-state index is 8.96. The molecule has 0 spiro atoms. The molecule has 0 aromatic rings. The van der Waals surface area contributed by atoms with Crippen molar-refractivity contribution in [1.29, 1.82) is 0 Å². The number of hydrogen-bond acceptors (Lipinski definition) is 2. The first kappa shape index (κ1) is 6.52. The Morgan fingerprint density at radius 1 is 1.12 bits per heavy atom. The summed E-state index contributed by atoms with van der Waals surface area (Å²) in [4.78, 5) is -0.0949. The third-order valence-electron chi connectivity index (χ3n) is 1.49. The lowest BCUT2D eigenvalue weighted by atomic mass is 10.3. The second-order valence-electron chi connectivity index (χ2n) is 2.16. The molecule has 0 amide bonds. The molecule has 1 fully saturated rings. The van der Waals surface area contributed by atoms with Gasteiger partial charge in [-0.25, -0.2) is 0 Å². The summed E-state index contributed by atoms with van der Waals surface area (Å²) in [5, 5.41) is 17.9. The Morgan fingerprint density at radius 2 is 1.50 bits per heavy atom. The van der Waals surface area contributed by atoms with Crippen LogP contribution in [0.25, 0.3) is 0 Å². The Balaban J connectivity index is 2.44. The zero-order chi connectivity index (χ0) is 6.15. The van der Waals surface area contributed by atoms with E-state index >= 15 is 0 Å². The summed E-state index contributed by atoms with van der Waals surface area (Å²) < 4.78 is 0. The lowest BCUT2D eigenvalue weighted by Crippen LogP contribution is -2.21. The number of hydrogen-bond donors (Lipinski definition) is 2. The van der Waals surface area contributed by atoms with Gasteiger partial charge in [0.2, 0.25) is 0 Å². The Kier molecular flexibility index (Phi) is 1.90. The summed E-state index contributed by atoms with van der Waals surface area (Å²) in [7, 11) is 0. The quantitative estimate of drug-likeness (QED) is 0.526. The van der Waals surface area contributed by atoms with E-state index in [1.54, 1.807) is 0 Å². The Hall–Kier alpha value is 0.400. The zero-order valence-electron chi connectivity index (χ0n) is 4.42. The van der Waals surface area contributed by atoms with Crippen LogP contribution in [0.2, 0.25) is 0 Å². The predicted octanol–water partition coefficient (Wildman–Crippen LogP) is 0.266. The third kappa shape index (κ3) is 1.04. The molecule has 0 bridgehead atoms. The first-order valence-corrected chi connectivity index (χ1v) is 3.63. The van der Waals surface area contributed by atoms with Crippen LogP contribution in [0.1, 0.15) is 12.8 Å². The van der Waals surface area contributed by atoms with Crippen LogP contribution in [-0.2, 0) is 0 Å². The van der Waals surface area contributed by atoms with Gasteiger partial charge in [-0.2, -0.15) is 0 Å². The molecule has 1 rings (SSSR count). The lowest BCUT2D eigenvalue weighted by molar-refractivity contribution is 0.148. The predicted molar refractivity (Wildman–Crippen MR) is 34.0 cm³/mol. The first-order chi connectivity index (χ1) is 3.72. The minimum absolute atomic E-state index is 0.0949. The van der Waals surface area contributed by atoms with Crippen LogP contribution in [0.15, 0.2) is 0 Å². The molecule has 0 unspecified atom stereocenters. The van der Waals surface area contributed by atoms with E-state index < -0.39 is 0 Å². The van der Waals surface area contributed by atoms with Crippen LogP contribution in [0.4, 0.5) is 0 Å². The molecule has 1 aliphatic rings. The number of aliphatic hydroxyl groups is 2. The van der Waals surface area contributed by atoms with E-state index in [0.717, 1.165) is 12.8 Å². The van der Waals surface area contributed by atoms with Gasteiger partial charge in [0.1, 0.15) is 0 Å². The minimum atomic E-state index is -0.343. The second-order valence-corrected chi connectivity index (χ2v) is 3.21. The first-order valence-electron chi connectivity index (χ1n) is 2.72. The average Bonchev–Trinajstić information content (AvgIpc) is 1.98. The van der Waals surface area contributed by atoms with E-state index in [1.807, 2.05) is 0 Å². The summed E-state index contributed by atoms with van der Waals surface area (Å²) in [6.07, 6.45) is 0.753. The van der Waals surface area contributed by atoms with Gasteiger partial charge >= 0.3 is 0 Å². The Labute approximate surface area is 56.6 Å². The fourth-order valence-corrected chi connectivity index (χ4v) is 1.45. The smallest absolute Gasteiger partial charge is 0.0691 e. The minimum Gasteiger partial charge on any atom is -0.392 e. The molecule has 2 atom stereocenters. The van der Waals surface area contributed by atoms with Crippen LogP contribution in [0, 0.1) is 0 Å². The molecule has 1 saturated carbocycles. The van der Waals surface area contributed by atoms with Crippen molar-refractivity contribution in [2.75, 3.05) is 0 Å². The number of alkyl halides is 1. The maximum atomic E-state index is 8.96. The molecular weight excluding hydrogens is 172 g/mol. The molecule has 0 aromatic heterocycles. The average molecular weight is 181 g/mol. The lowest BCUT2D eigenvalue weighted by Gasteiger charge is -2.07. The van der Waals surface area contributed by atoms with E-state index in [4.69, 9.17) is 10.2 Å². The molecule has 1 aliphatic carbocycles. The van der Waals surface area contributed by atoms with Gasteiger partial charge in [0.05, 0.1) is 17.0 Å². The van der Waals surface area contributed by atoms with Gasteiger partial charge in [-0.1, -0.05) is 15.9 Å².